The standard InChI is InChI=1S/C33H36N2O4/c1-35(2)20-12-19-34-33(36)29-21-30(37-23-26-13-6-3-7-14-26)32(39-25-28-17-10-5-11-18-28)31(22-29)38-24-27-15-8-4-9-16-27/h3-11,13-18,21-22H,12,19-20,23-25H2,1-2H3,(H,34,36). The van der Waals surface area contributed by atoms with Crippen LogP contribution in [0.5, 0.6) is 17.2 Å². The highest BCUT2D eigenvalue weighted by atomic mass is 16.5. The van der Waals surface area contributed by atoms with Crippen molar-refractivity contribution in [2.45, 2.75) is 26.2 Å². The van der Waals surface area contributed by atoms with Crippen molar-refractivity contribution in [2.24, 2.45) is 0 Å². The summed E-state index contributed by atoms with van der Waals surface area (Å²) < 4.78 is 18.8. The zero-order chi connectivity index (χ0) is 27.3. The minimum atomic E-state index is -0.183. The van der Waals surface area contributed by atoms with Gasteiger partial charge >= 0.3 is 0 Å². The van der Waals surface area contributed by atoms with Crippen molar-refractivity contribution in [2.75, 3.05) is 27.2 Å². The molecule has 0 aromatic heterocycles. The predicted molar refractivity (Wildman–Crippen MR) is 154 cm³/mol. The van der Waals surface area contributed by atoms with E-state index in [0.717, 1.165) is 29.7 Å². The molecule has 0 unspecified atom stereocenters. The number of ether oxygens (including phenoxy) is 3. The van der Waals surface area contributed by atoms with Gasteiger partial charge in [-0.3, -0.25) is 4.79 Å². The lowest BCUT2D eigenvalue weighted by Crippen LogP contribution is -2.27. The Labute approximate surface area is 231 Å². The Morgan fingerprint density at radius 2 is 1.10 bits per heavy atom. The number of nitrogens with zero attached hydrogens (tertiary/aromatic N) is 1. The van der Waals surface area contributed by atoms with Crippen LogP contribution in [0.3, 0.4) is 0 Å². The topological polar surface area (TPSA) is 60.0 Å². The summed E-state index contributed by atoms with van der Waals surface area (Å²) >= 11 is 0. The minimum absolute atomic E-state index is 0.183. The van der Waals surface area contributed by atoms with Crippen LogP contribution in [0.2, 0.25) is 0 Å². The number of hydrogen-bond donors (Lipinski definition) is 1. The molecule has 0 spiro atoms. The van der Waals surface area contributed by atoms with Crippen molar-refractivity contribution in [3.05, 3.63) is 125 Å². The number of benzene rings is 4. The van der Waals surface area contributed by atoms with E-state index in [2.05, 4.69) is 10.2 Å². The largest absolute Gasteiger partial charge is 0.485 e. The molecular weight excluding hydrogens is 488 g/mol. The van der Waals surface area contributed by atoms with Gasteiger partial charge in [-0.15, -0.1) is 0 Å². The molecule has 0 aliphatic rings. The lowest BCUT2D eigenvalue weighted by atomic mass is 10.1. The Bertz CT molecular complexity index is 1230. The summed E-state index contributed by atoms with van der Waals surface area (Å²) in [7, 11) is 4.03. The number of carbonyl (C=O) groups excluding carboxylic acids is 1. The number of amides is 1. The summed E-state index contributed by atoms with van der Waals surface area (Å²) in [6, 6.07) is 33.2. The molecule has 6 heteroatoms. The predicted octanol–water partition coefficient (Wildman–Crippen LogP) is 6.11. The Balaban J connectivity index is 1.63. The molecule has 1 amide bonds. The number of rotatable bonds is 14. The molecule has 4 aromatic carbocycles. The van der Waals surface area contributed by atoms with Crippen molar-refractivity contribution in [1.82, 2.24) is 10.2 Å². The SMILES string of the molecule is CN(C)CCCNC(=O)c1cc(OCc2ccccc2)c(OCc2ccccc2)c(OCc2ccccc2)c1. The summed E-state index contributed by atoms with van der Waals surface area (Å²) in [5, 5.41) is 3.02. The van der Waals surface area contributed by atoms with E-state index in [-0.39, 0.29) is 5.91 Å². The maximum absolute atomic E-state index is 13.2. The third-order valence-corrected chi connectivity index (χ3v) is 6.05. The van der Waals surface area contributed by atoms with E-state index in [1.54, 1.807) is 12.1 Å². The van der Waals surface area contributed by atoms with Crippen LogP contribution < -0.4 is 19.5 Å². The van der Waals surface area contributed by atoms with Crippen LogP contribution in [0.1, 0.15) is 33.5 Å². The second-order valence-corrected chi connectivity index (χ2v) is 9.54. The zero-order valence-corrected chi connectivity index (χ0v) is 22.6. The average molecular weight is 525 g/mol. The van der Waals surface area contributed by atoms with Gasteiger partial charge in [-0.05, 0) is 55.9 Å². The van der Waals surface area contributed by atoms with Crippen LogP contribution in [0.15, 0.2) is 103 Å². The maximum Gasteiger partial charge on any atom is 0.251 e. The third kappa shape index (κ3) is 8.90. The average Bonchev–Trinajstić information content (AvgIpc) is 2.97. The lowest BCUT2D eigenvalue weighted by Gasteiger charge is -2.19. The summed E-state index contributed by atoms with van der Waals surface area (Å²) in [4.78, 5) is 15.2. The molecule has 1 N–H and O–H groups in total. The summed E-state index contributed by atoms with van der Waals surface area (Å²) in [6.45, 7) is 2.45. The molecule has 0 bridgehead atoms. The van der Waals surface area contributed by atoms with E-state index < -0.39 is 0 Å². The normalized spacial score (nSPS) is 10.7. The number of carbonyl (C=O) groups is 1. The van der Waals surface area contributed by atoms with Gasteiger partial charge in [-0.1, -0.05) is 91.0 Å². The highest BCUT2D eigenvalue weighted by molar-refractivity contribution is 5.95. The third-order valence-electron chi connectivity index (χ3n) is 6.05. The molecule has 202 valence electrons. The quantitative estimate of drug-likeness (QED) is 0.202. The van der Waals surface area contributed by atoms with Gasteiger partial charge in [-0.25, -0.2) is 0 Å². The Morgan fingerprint density at radius 3 is 1.54 bits per heavy atom. The van der Waals surface area contributed by atoms with E-state index in [0.29, 0.717) is 49.2 Å². The second-order valence-electron chi connectivity index (χ2n) is 9.54. The zero-order valence-electron chi connectivity index (χ0n) is 22.6. The maximum atomic E-state index is 13.2. The van der Waals surface area contributed by atoms with Gasteiger partial charge in [0.25, 0.3) is 5.91 Å². The number of nitrogens with one attached hydrogen (secondary N) is 1. The molecule has 0 fully saturated rings. The molecule has 0 saturated heterocycles. The van der Waals surface area contributed by atoms with Gasteiger partial charge in [0, 0.05) is 12.1 Å². The Kier molecular flexibility index (Phi) is 10.4. The first-order chi connectivity index (χ1) is 19.1. The van der Waals surface area contributed by atoms with Gasteiger partial charge in [-0.2, -0.15) is 0 Å². The van der Waals surface area contributed by atoms with E-state index >= 15 is 0 Å². The van der Waals surface area contributed by atoms with E-state index in [4.69, 9.17) is 14.2 Å². The van der Waals surface area contributed by atoms with Gasteiger partial charge in [0.1, 0.15) is 19.8 Å². The fourth-order valence-corrected chi connectivity index (χ4v) is 3.96. The molecule has 6 nitrogen and oxygen atoms in total. The van der Waals surface area contributed by atoms with Crippen LogP contribution in [-0.2, 0) is 19.8 Å². The monoisotopic (exact) mass is 524 g/mol. The van der Waals surface area contributed by atoms with E-state index in [9.17, 15) is 4.79 Å². The molecule has 0 aliphatic carbocycles. The van der Waals surface area contributed by atoms with Gasteiger partial charge in [0.05, 0.1) is 0 Å². The fourth-order valence-electron chi connectivity index (χ4n) is 3.96. The first kappa shape index (κ1) is 27.7. The lowest BCUT2D eigenvalue weighted by molar-refractivity contribution is 0.0951. The first-order valence-electron chi connectivity index (χ1n) is 13.2. The molecule has 4 rings (SSSR count). The van der Waals surface area contributed by atoms with E-state index in [1.165, 1.54) is 0 Å². The molecule has 0 atom stereocenters. The molecule has 0 heterocycles. The molecule has 4 aromatic rings. The Morgan fingerprint density at radius 1 is 0.667 bits per heavy atom. The van der Waals surface area contributed by atoms with Gasteiger partial charge < -0.3 is 24.4 Å². The van der Waals surface area contributed by atoms with Crippen LogP contribution in [0, 0.1) is 0 Å². The van der Waals surface area contributed by atoms with Gasteiger partial charge in [0.15, 0.2) is 11.5 Å². The first-order valence-corrected chi connectivity index (χ1v) is 13.2. The summed E-state index contributed by atoms with van der Waals surface area (Å²) in [5.74, 6) is 1.20. The van der Waals surface area contributed by atoms with Crippen LogP contribution >= 0.6 is 0 Å². The van der Waals surface area contributed by atoms with Crippen LogP contribution in [-0.4, -0.2) is 38.0 Å². The van der Waals surface area contributed by atoms with Gasteiger partial charge in [0.2, 0.25) is 5.75 Å². The van der Waals surface area contributed by atoms with Crippen molar-refractivity contribution < 1.29 is 19.0 Å². The highest BCUT2D eigenvalue weighted by Crippen LogP contribution is 2.40. The highest BCUT2D eigenvalue weighted by Gasteiger charge is 2.20. The summed E-state index contributed by atoms with van der Waals surface area (Å²) in [6.07, 6.45) is 0.853. The smallest absolute Gasteiger partial charge is 0.251 e. The second kappa shape index (κ2) is 14.6. The fraction of sp³-hybridized carbons (Fsp3) is 0.242. The van der Waals surface area contributed by atoms with Crippen LogP contribution in [0.25, 0.3) is 0 Å². The summed E-state index contributed by atoms with van der Waals surface area (Å²) in [5.41, 5.74) is 3.50. The Hall–Kier alpha value is -4.29. The van der Waals surface area contributed by atoms with E-state index in [1.807, 2.05) is 105 Å². The molecule has 0 saturated carbocycles. The van der Waals surface area contributed by atoms with Crippen molar-refractivity contribution >= 4 is 5.91 Å². The molecule has 0 radical (unpaired) electrons. The van der Waals surface area contributed by atoms with Crippen LogP contribution in [0.4, 0.5) is 0 Å². The molecule has 39 heavy (non-hydrogen) atoms. The van der Waals surface area contributed by atoms with Crippen molar-refractivity contribution in [1.29, 1.82) is 0 Å². The van der Waals surface area contributed by atoms with Crippen molar-refractivity contribution in [3.63, 3.8) is 0 Å². The van der Waals surface area contributed by atoms with Crippen molar-refractivity contribution in [3.8, 4) is 17.2 Å². The minimum Gasteiger partial charge on any atom is -0.485 e. The molecular formula is C33H36N2O4. The molecule has 0 aliphatic heterocycles. The number of hydrogen-bond acceptors (Lipinski definition) is 5.